The summed E-state index contributed by atoms with van der Waals surface area (Å²) in [6, 6.07) is 9.00. The summed E-state index contributed by atoms with van der Waals surface area (Å²) < 4.78 is 7.76. The van der Waals surface area contributed by atoms with Gasteiger partial charge in [-0.05, 0) is 55.9 Å². The molecule has 4 rings (SSSR count). The number of nitrogens with zero attached hydrogens (tertiary/aromatic N) is 3. The number of ether oxygens (including phenoxy) is 1. The van der Waals surface area contributed by atoms with E-state index in [0.717, 1.165) is 13.0 Å². The number of hydrogen-bond acceptors (Lipinski definition) is 4. The zero-order chi connectivity index (χ0) is 19.0. The van der Waals surface area contributed by atoms with Crippen molar-refractivity contribution in [2.24, 2.45) is 11.8 Å². The van der Waals surface area contributed by atoms with Crippen molar-refractivity contribution in [3.63, 3.8) is 0 Å². The Labute approximate surface area is 163 Å². The highest BCUT2D eigenvalue weighted by Gasteiger charge is 2.44. The van der Waals surface area contributed by atoms with Gasteiger partial charge in [-0.25, -0.2) is 0 Å². The van der Waals surface area contributed by atoms with Gasteiger partial charge in [-0.2, -0.15) is 5.10 Å². The maximum absolute atomic E-state index is 12.8. The number of amides is 1. The number of rotatable bonds is 4. The predicted molar refractivity (Wildman–Crippen MR) is 102 cm³/mol. The van der Waals surface area contributed by atoms with Crippen molar-refractivity contribution in [2.45, 2.75) is 38.5 Å². The molecular formula is C20H24ClN3O3. The monoisotopic (exact) mass is 389 g/mol. The molecule has 1 aromatic carbocycles. The van der Waals surface area contributed by atoms with Crippen LogP contribution in [-0.2, 0) is 6.54 Å². The van der Waals surface area contributed by atoms with Gasteiger partial charge >= 0.3 is 0 Å². The summed E-state index contributed by atoms with van der Waals surface area (Å²) in [6.45, 7) is 4.09. The molecule has 27 heavy (non-hydrogen) atoms. The fourth-order valence-corrected chi connectivity index (χ4v) is 4.39. The van der Waals surface area contributed by atoms with Crippen molar-refractivity contribution in [2.75, 3.05) is 13.1 Å². The fourth-order valence-electron chi connectivity index (χ4n) is 4.21. The molecule has 0 spiro atoms. The van der Waals surface area contributed by atoms with E-state index in [1.807, 2.05) is 30.2 Å². The number of aliphatic hydroxyl groups excluding tert-OH is 1. The van der Waals surface area contributed by atoms with Gasteiger partial charge < -0.3 is 14.7 Å². The Balaban J connectivity index is 1.41. The molecule has 1 aliphatic heterocycles. The number of aromatic nitrogens is 2. The largest absolute Gasteiger partial charge is 0.488 e. The minimum Gasteiger partial charge on any atom is -0.488 e. The SMILES string of the molecule is CCn1ccc(C(=O)N2C[C@H]3C[C@@H](Oc4cccc(Cl)c4)[C@H](O)C[C@H]3C2)n1. The molecule has 1 saturated heterocycles. The van der Waals surface area contributed by atoms with Gasteiger partial charge in [-0.15, -0.1) is 0 Å². The second kappa shape index (κ2) is 7.52. The third-order valence-electron chi connectivity index (χ3n) is 5.64. The van der Waals surface area contributed by atoms with Gasteiger partial charge in [0.2, 0.25) is 0 Å². The van der Waals surface area contributed by atoms with Gasteiger partial charge in [0.05, 0.1) is 6.10 Å². The molecule has 2 heterocycles. The van der Waals surface area contributed by atoms with Gasteiger partial charge in [0.15, 0.2) is 0 Å². The van der Waals surface area contributed by atoms with Crippen molar-refractivity contribution in [1.82, 2.24) is 14.7 Å². The first kappa shape index (κ1) is 18.3. The number of likely N-dealkylation sites (tertiary alicyclic amines) is 1. The second-order valence-electron chi connectivity index (χ2n) is 7.44. The number of carbonyl (C=O) groups excluding carboxylic acids is 1. The molecule has 1 N–H and O–H groups in total. The number of fused-ring (bicyclic) bond motifs is 1. The van der Waals surface area contributed by atoms with E-state index in [4.69, 9.17) is 16.3 Å². The third kappa shape index (κ3) is 3.82. The summed E-state index contributed by atoms with van der Waals surface area (Å²) in [4.78, 5) is 14.6. The number of halogens is 1. The van der Waals surface area contributed by atoms with Crippen LogP contribution < -0.4 is 4.74 Å². The molecule has 1 amide bonds. The van der Waals surface area contributed by atoms with Crippen LogP contribution in [0.1, 0.15) is 30.3 Å². The van der Waals surface area contributed by atoms with Crippen LogP contribution in [0.15, 0.2) is 36.5 Å². The maximum atomic E-state index is 12.8. The first-order valence-corrected chi connectivity index (χ1v) is 9.84. The lowest BCUT2D eigenvalue weighted by molar-refractivity contribution is -0.0231. The van der Waals surface area contributed by atoms with E-state index in [9.17, 15) is 9.90 Å². The van der Waals surface area contributed by atoms with E-state index < -0.39 is 6.10 Å². The zero-order valence-corrected chi connectivity index (χ0v) is 16.0. The van der Waals surface area contributed by atoms with Crippen LogP contribution in [0, 0.1) is 11.8 Å². The Bertz CT molecular complexity index is 824. The smallest absolute Gasteiger partial charge is 0.274 e. The molecule has 4 atom stereocenters. The van der Waals surface area contributed by atoms with Crippen LogP contribution >= 0.6 is 11.6 Å². The highest BCUT2D eigenvalue weighted by atomic mass is 35.5. The Hall–Kier alpha value is -2.05. The van der Waals surface area contributed by atoms with Gasteiger partial charge in [0.1, 0.15) is 17.5 Å². The minimum absolute atomic E-state index is 0.0293. The third-order valence-corrected chi connectivity index (χ3v) is 5.87. The molecule has 2 aromatic rings. The maximum Gasteiger partial charge on any atom is 0.274 e. The molecule has 2 fully saturated rings. The Morgan fingerprint density at radius 1 is 1.30 bits per heavy atom. The van der Waals surface area contributed by atoms with Crippen LogP contribution in [0.5, 0.6) is 5.75 Å². The standard InChI is InChI=1S/C20H24ClN3O3/c1-2-24-7-6-17(22-24)20(26)23-11-13-8-18(25)19(9-14(13)12-23)27-16-5-3-4-15(21)10-16/h3-7,10,13-14,18-19,25H,2,8-9,11-12H2,1H3/t13-,14+,18+,19+/m0/s1. The Morgan fingerprint density at radius 3 is 2.78 bits per heavy atom. The molecule has 1 aliphatic carbocycles. The van der Waals surface area contributed by atoms with Gasteiger partial charge in [-0.1, -0.05) is 17.7 Å². The van der Waals surface area contributed by atoms with Crippen LogP contribution in [0.4, 0.5) is 0 Å². The fraction of sp³-hybridized carbons (Fsp3) is 0.500. The van der Waals surface area contributed by atoms with Crippen LogP contribution in [0.25, 0.3) is 0 Å². The second-order valence-corrected chi connectivity index (χ2v) is 7.88. The van der Waals surface area contributed by atoms with E-state index in [-0.39, 0.29) is 12.0 Å². The van der Waals surface area contributed by atoms with Crippen molar-refractivity contribution in [3.05, 3.63) is 47.2 Å². The zero-order valence-electron chi connectivity index (χ0n) is 15.3. The molecular weight excluding hydrogens is 366 g/mol. The molecule has 2 aliphatic rings. The summed E-state index contributed by atoms with van der Waals surface area (Å²) in [5.41, 5.74) is 0.489. The van der Waals surface area contributed by atoms with Gasteiger partial charge in [0, 0.05) is 30.9 Å². The highest BCUT2D eigenvalue weighted by molar-refractivity contribution is 6.30. The number of carbonyl (C=O) groups is 1. The van der Waals surface area contributed by atoms with E-state index in [0.29, 0.717) is 47.8 Å². The van der Waals surface area contributed by atoms with Crippen molar-refractivity contribution in [3.8, 4) is 5.75 Å². The molecule has 7 heteroatoms. The van der Waals surface area contributed by atoms with E-state index >= 15 is 0 Å². The topological polar surface area (TPSA) is 67.6 Å². The van der Waals surface area contributed by atoms with E-state index in [1.165, 1.54) is 0 Å². The summed E-state index contributed by atoms with van der Waals surface area (Å²) >= 11 is 6.02. The van der Waals surface area contributed by atoms with Gasteiger partial charge in [0.25, 0.3) is 5.91 Å². The Kier molecular flexibility index (Phi) is 5.10. The number of hydrogen-bond donors (Lipinski definition) is 1. The normalized spacial score (nSPS) is 27.4. The molecule has 1 aromatic heterocycles. The molecule has 1 saturated carbocycles. The molecule has 144 valence electrons. The summed E-state index contributed by atoms with van der Waals surface area (Å²) in [7, 11) is 0. The number of aliphatic hydroxyl groups is 1. The summed E-state index contributed by atoms with van der Waals surface area (Å²) in [5.74, 6) is 1.27. The first-order valence-electron chi connectivity index (χ1n) is 9.46. The lowest BCUT2D eigenvalue weighted by atomic mass is 9.78. The van der Waals surface area contributed by atoms with Crippen LogP contribution in [0.2, 0.25) is 5.02 Å². The average Bonchev–Trinajstić information content (AvgIpc) is 3.28. The molecule has 6 nitrogen and oxygen atoms in total. The first-order chi connectivity index (χ1) is 13.0. The van der Waals surface area contributed by atoms with Gasteiger partial charge in [-0.3, -0.25) is 9.48 Å². The highest BCUT2D eigenvalue weighted by Crippen LogP contribution is 2.38. The minimum atomic E-state index is -0.542. The van der Waals surface area contributed by atoms with Crippen molar-refractivity contribution < 1.29 is 14.6 Å². The van der Waals surface area contributed by atoms with Crippen molar-refractivity contribution in [1.29, 1.82) is 0 Å². The lowest BCUT2D eigenvalue weighted by Gasteiger charge is -2.35. The quantitative estimate of drug-likeness (QED) is 0.873. The summed E-state index contributed by atoms with van der Waals surface area (Å²) in [5, 5.41) is 15.5. The lowest BCUT2D eigenvalue weighted by Crippen LogP contribution is -2.42. The van der Waals surface area contributed by atoms with Crippen LogP contribution in [0.3, 0.4) is 0 Å². The number of benzene rings is 1. The molecule has 0 radical (unpaired) electrons. The average molecular weight is 390 g/mol. The predicted octanol–water partition coefficient (Wildman–Crippen LogP) is 2.85. The van der Waals surface area contributed by atoms with E-state index in [2.05, 4.69) is 5.10 Å². The van der Waals surface area contributed by atoms with E-state index in [1.54, 1.807) is 22.9 Å². The number of aryl methyl sites for hydroxylation is 1. The molecule has 0 bridgehead atoms. The Morgan fingerprint density at radius 2 is 2.07 bits per heavy atom. The van der Waals surface area contributed by atoms with Crippen LogP contribution in [-0.4, -0.2) is 51.0 Å². The molecule has 0 unspecified atom stereocenters. The van der Waals surface area contributed by atoms with Crippen molar-refractivity contribution >= 4 is 17.5 Å². The summed E-state index contributed by atoms with van der Waals surface area (Å²) in [6.07, 6.45) is 2.38.